The van der Waals surface area contributed by atoms with Crippen LogP contribution in [0, 0.1) is 0 Å². The number of hydrogen-bond acceptors (Lipinski definition) is 4. The summed E-state index contributed by atoms with van der Waals surface area (Å²) >= 11 is 0. The number of carbonyl (C=O) groups is 2. The van der Waals surface area contributed by atoms with Crippen molar-refractivity contribution in [2.45, 2.75) is 57.9 Å². The Morgan fingerprint density at radius 1 is 1.18 bits per heavy atom. The number of ether oxygens (including phenoxy) is 1. The zero-order chi connectivity index (χ0) is 16.2. The first kappa shape index (κ1) is 18.1. The maximum Gasteiger partial charge on any atom is 0.328 e. The molecule has 1 rings (SSSR count). The number of hydrogen-bond donors (Lipinski definition) is 1. The molecule has 1 atom stereocenters. The Morgan fingerprint density at radius 3 is 2.55 bits per heavy atom. The lowest BCUT2D eigenvalue weighted by atomic mass is 10.1. The minimum atomic E-state index is -0.606. The highest BCUT2D eigenvalue weighted by molar-refractivity contribution is 5.95. The lowest BCUT2D eigenvalue weighted by Crippen LogP contribution is -2.41. The van der Waals surface area contributed by atoms with E-state index in [1.54, 1.807) is 24.4 Å². The molecular formula is C17H26N2O3. The Labute approximate surface area is 132 Å². The second-order valence-electron chi connectivity index (χ2n) is 5.32. The van der Waals surface area contributed by atoms with E-state index in [4.69, 9.17) is 4.74 Å². The van der Waals surface area contributed by atoms with Gasteiger partial charge < -0.3 is 10.1 Å². The first-order valence-electron chi connectivity index (χ1n) is 7.98. The molecule has 1 aromatic rings. The molecule has 0 aliphatic rings. The summed E-state index contributed by atoms with van der Waals surface area (Å²) in [7, 11) is 1.34. The molecule has 0 aliphatic heterocycles. The van der Waals surface area contributed by atoms with Crippen molar-refractivity contribution in [3.63, 3.8) is 0 Å². The summed E-state index contributed by atoms with van der Waals surface area (Å²) in [6, 6.07) is 4.49. The van der Waals surface area contributed by atoms with Gasteiger partial charge in [-0.25, -0.2) is 4.79 Å². The van der Waals surface area contributed by atoms with Crippen molar-refractivity contribution in [2.75, 3.05) is 7.11 Å². The lowest BCUT2D eigenvalue weighted by molar-refractivity contribution is -0.143. The van der Waals surface area contributed by atoms with E-state index in [2.05, 4.69) is 17.2 Å². The van der Waals surface area contributed by atoms with E-state index in [1.165, 1.54) is 26.4 Å². The van der Waals surface area contributed by atoms with Crippen LogP contribution in [0.3, 0.4) is 0 Å². The molecule has 0 bridgehead atoms. The fourth-order valence-electron chi connectivity index (χ4n) is 2.25. The maximum absolute atomic E-state index is 12.1. The molecule has 122 valence electrons. The van der Waals surface area contributed by atoms with Gasteiger partial charge in [0.15, 0.2) is 0 Å². The summed E-state index contributed by atoms with van der Waals surface area (Å²) in [6.07, 6.45) is 8.95. The van der Waals surface area contributed by atoms with Crippen molar-refractivity contribution < 1.29 is 14.3 Å². The van der Waals surface area contributed by atoms with E-state index in [0.717, 1.165) is 19.3 Å². The van der Waals surface area contributed by atoms with Crippen LogP contribution in [-0.4, -0.2) is 30.0 Å². The average molecular weight is 306 g/mol. The van der Waals surface area contributed by atoms with Crippen LogP contribution in [0.4, 0.5) is 0 Å². The highest BCUT2D eigenvalue weighted by Crippen LogP contribution is 2.10. The summed E-state index contributed by atoms with van der Waals surface area (Å²) in [5.41, 5.74) is 0.305. The van der Waals surface area contributed by atoms with Gasteiger partial charge in [-0.2, -0.15) is 0 Å². The van der Waals surface area contributed by atoms with Crippen LogP contribution < -0.4 is 5.32 Å². The fourth-order valence-corrected chi connectivity index (χ4v) is 2.25. The Bertz CT molecular complexity index is 448. The van der Waals surface area contributed by atoms with E-state index >= 15 is 0 Å². The Kier molecular flexibility index (Phi) is 8.88. The van der Waals surface area contributed by atoms with Crippen molar-refractivity contribution in [1.29, 1.82) is 0 Å². The molecule has 1 N–H and O–H groups in total. The maximum atomic E-state index is 12.1. The number of pyridine rings is 1. The highest BCUT2D eigenvalue weighted by Gasteiger charge is 2.21. The Hall–Kier alpha value is -1.91. The quantitative estimate of drug-likeness (QED) is 0.533. The van der Waals surface area contributed by atoms with Crippen LogP contribution in [0.25, 0.3) is 0 Å². The number of aromatic nitrogens is 1. The first-order chi connectivity index (χ1) is 10.7. The zero-order valence-corrected chi connectivity index (χ0v) is 13.5. The van der Waals surface area contributed by atoms with Gasteiger partial charge in [-0.1, -0.05) is 51.5 Å². The second kappa shape index (κ2) is 10.8. The number of amides is 1. The van der Waals surface area contributed by atoms with Gasteiger partial charge in [0.25, 0.3) is 5.91 Å². The average Bonchev–Trinajstić information content (AvgIpc) is 2.56. The normalized spacial score (nSPS) is 11.7. The van der Waals surface area contributed by atoms with Crippen molar-refractivity contribution >= 4 is 11.9 Å². The molecule has 1 heterocycles. The molecule has 0 spiro atoms. The van der Waals surface area contributed by atoms with E-state index in [-0.39, 0.29) is 5.91 Å². The standard InChI is InChI=1S/C17H26N2O3/c1-3-4-5-6-7-8-12-15(17(21)22-2)19-16(20)14-11-9-10-13-18-14/h9-11,13,15H,3-8,12H2,1-2H3,(H,19,20)/t15-/m1/s1. The van der Waals surface area contributed by atoms with Crippen LogP contribution in [-0.2, 0) is 9.53 Å². The summed E-state index contributed by atoms with van der Waals surface area (Å²) in [4.78, 5) is 27.8. The van der Waals surface area contributed by atoms with Gasteiger partial charge in [-0.05, 0) is 18.6 Å². The van der Waals surface area contributed by atoms with E-state index in [9.17, 15) is 9.59 Å². The topological polar surface area (TPSA) is 68.3 Å². The first-order valence-corrected chi connectivity index (χ1v) is 7.98. The second-order valence-corrected chi connectivity index (χ2v) is 5.32. The zero-order valence-electron chi connectivity index (χ0n) is 13.5. The fraction of sp³-hybridized carbons (Fsp3) is 0.588. The number of nitrogens with one attached hydrogen (secondary N) is 1. The molecule has 1 aromatic heterocycles. The summed E-state index contributed by atoms with van der Waals surface area (Å²) in [6.45, 7) is 2.18. The van der Waals surface area contributed by atoms with Crippen LogP contribution in [0.2, 0.25) is 0 Å². The number of rotatable bonds is 10. The van der Waals surface area contributed by atoms with Crippen molar-refractivity contribution in [3.05, 3.63) is 30.1 Å². The molecular weight excluding hydrogens is 280 g/mol. The molecule has 5 nitrogen and oxygen atoms in total. The van der Waals surface area contributed by atoms with Crippen LogP contribution in [0.1, 0.15) is 62.4 Å². The minimum absolute atomic E-state index is 0.305. The molecule has 1 amide bonds. The molecule has 0 aromatic carbocycles. The van der Waals surface area contributed by atoms with E-state index in [1.807, 2.05) is 0 Å². The molecule has 0 radical (unpaired) electrons. The summed E-state index contributed by atoms with van der Waals surface area (Å²) in [5.74, 6) is -0.750. The van der Waals surface area contributed by atoms with Gasteiger partial charge in [-0.15, -0.1) is 0 Å². The Morgan fingerprint density at radius 2 is 1.91 bits per heavy atom. The van der Waals surface area contributed by atoms with Gasteiger partial charge in [0.05, 0.1) is 7.11 Å². The number of methoxy groups -OCH3 is 1. The lowest BCUT2D eigenvalue weighted by Gasteiger charge is -2.16. The van der Waals surface area contributed by atoms with E-state index in [0.29, 0.717) is 12.1 Å². The number of unbranched alkanes of at least 4 members (excludes halogenated alkanes) is 5. The number of esters is 1. The van der Waals surface area contributed by atoms with Crippen LogP contribution in [0.5, 0.6) is 0 Å². The molecule has 5 heteroatoms. The van der Waals surface area contributed by atoms with Crippen molar-refractivity contribution in [1.82, 2.24) is 10.3 Å². The SMILES string of the molecule is CCCCCCCC[C@@H](NC(=O)c1ccccn1)C(=O)OC. The van der Waals surface area contributed by atoms with Gasteiger partial charge >= 0.3 is 5.97 Å². The number of carbonyl (C=O) groups excluding carboxylic acids is 2. The van der Waals surface area contributed by atoms with Crippen LogP contribution >= 0.6 is 0 Å². The third-order valence-corrected chi connectivity index (χ3v) is 3.53. The van der Waals surface area contributed by atoms with Gasteiger partial charge in [0.1, 0.15) is 11.7 Å². The molecule has 0 aliphatic carbocycles. The van der Waals surface area contributed by atoms with Gasteiger partial charge in [-0.3, -0.25) is 9.78 Å². The molecule has 22 heavy (non-hydrogen) atoms. The van der Waals surface area contributed by atoms with Crippen molar-refractivity contribution in [3.8, 4) is 0 Å². The molecule has 0 saturated heterocycles. The molecule has 0 fully saturated rings. The minimum Gasteiger partial charge on any atom is -0.467 e. The highest BCUT2D eigenvalue weighted by atomic mass is 16.5. The predicted molar refractivity (Wildman–Crippen MR) is 85.5 cm³/mol. The largest absolute Gasteiger partial charge is 0.467 e. The Balaban J connectivity index is 2.44. The third kappa shape index (κ3) is 6.70. The smallest absolute Gasteiger partial charge is 0.328 e. The molecule has 0 unspecified atom stereocenters. The summed E-state index contributed by atoms with van der Waals surface area (Å²) < 4.78 is 4.77. The van der Waals surface area contributed by atoms with Crippen molar-refractivity contribution in [2.24, 2.45) is 0 Å². The third-order valence-electron chi connectivity index (χ3n) is 3.53. The van der Waals surface area contributed by atoms with Crippen LogP contribution in [0.15, 0.2) is 24.4 Å². The monoisotopic (exact) mass is 306 g/mol. The molecule has 0 saturated carbocycles. The van der Waals surface area contributed by atoms with Gasteiger partial charge in [0.2, 0.25) is 0 Å². The van der Waals surface area contributed by atoms with Gasteiger partial charge in [0, 0.05) is 6.20 Å². The van der Waals surface area contributed by atoms with E-state index < -0.39 is 12.0 Å². The summed E-state index contributed by atoms with van der Waals surface area (Å²) in [5, 5.41) is 2.71. The predicted octanol–water partition coefficient (Wildman–Crippen LogP) is 3.10. The number of nitrogens with zero attached hydrogens (tertiary/aromatic N) is 1.